The van der Waals surface area contributed by atoms with Crippen LogP contribution >= 0.6 is 0 Å². The molecule has 0 saturated carbocycles. The molecule has 1 aliphatic rings. The van der Waals surface area contributed by atoms with Crippen molar-refractivity contribution in [2.45, 2.75) is 26.3 Å². The van der Waals surface area contributed by atoms with E-state index in [4.69, 9.17) is 5.11 Å². The summed E-state index contributed by atoms with van der Waals surface area (Å²) >= 11 is 0. The van der Waals surface area contributed by atoms with Crippen LogP contribution < -0.4 is 5.32 Å². The lowest BCUT2D eigenvalue weighted by Gasteiger charge is -2.21. The predicted octanol–water partition coefficient (Wildman–Crippen LogP) is 0.391. The van der Waals surface area contributed by atoms with Crippen LogP contribution in [0.2, 0.25) is 0 Å². The third-order valence-corrected chi connectivity index (χ3v) is 2.70. The minimum Gasteiger partial charge on any atom is -0.480 e. The first-order chi connectivity index (χ1) is 6.63. The number of carbonyl (C=O) groups is 1. The molecular weight excluding hydrogens is 180 g/mol. The maximum absolute atomic E-state index is 10.9. The monoisotopic (exact) mass is 200 g/mol. The van der Waals surface area contributed by atoms with E-state index in [0.717, 1.165) is 13.1 Å². The normalized spacial score (nSPS) is 25.1. The van der Waals surface area contributed by atoms with Crippen molar-refractivity contribution < 1.29 is 9.90 Å². The summed E-state index contributed by atoms with van der Waals surface area (Å²) in [4.78, 5) is 13.1. The first-order valence-corrected chi connectivity index (χ1v) is 5.32. The number of aliphatic carboxylic acids is 1. The van der Waals surface area contributed by atoms with Crippen LogP contribution in [0.1, 0.15) is 20.3 Å². The van der Waals surface area contributed by atoms with E-state index in [1.165, 1.54) is 6.42 Å². The van der Waals surface area contributed by atoms with Gasteiger partial charge in [-0.25, -0.2) is 0 Å². The molecule has 0 spiro atoms. The van der Waals surface area contributed by atoms with Crippen molar-refractivity contribution in [3.63, 3.8) is 0 Å². The van der Waals surface area contributed by atoms with Crippen molar-refractivity contribution in [1.82, 2.24) is 10.2 Å². The molecule has 2 unspecified atom stereocenters. The zero-order valence-electron chi connectivity index (χ0n) is 8.99. The molecule has 82 valence electrons. The highest BCUT2D eigenvalue weighted by molar-refractivity contribution is 5.73. The lowest BCUT2D eigenvalue weighted by molar-refractivity contribution is -0.139. The molecule has 1 saturated heterocycles. The van der Waals surface area contributed by atoms with Gasteiger partial charge >= 0.3 is 5.97 Å². The van der Waals surface area contributed by atoms with Crippen LogP contribution in [0.25, 0.3) is 0 Å². The van der Waals surface area contributed by atoms with Gasteiger partial charge in [0, 0.05) is 13.1 Å². The van der Waals surface area contributed by atoms with Gasteiger partial charge in [-0.1, -0.05) is 13.8 Å². The van der Waals surface area contributed by atoms with Gasteiger partial charge in [0.1, 0.15) is 6.04 Å². The molecule has 4 heteroatoms. The Balaban J connectivity index is 2.35. The first kappa shape index (κ1) is 11.5. The standard InChI is InChI=1S/C10H20N2O2/c1-3-11-9(10(13)14)7-12-5-4-8(2)6-12/h8-9,11H,3-7H2,1-2H3,(H,13,14). The van der Waals surface area contributed by atoms with Gasteiger partial charge in [-0.3, -0.25) is 4.79 Å². The molecule has 2 atom stereocenters. The van der Waals surface area contributed by atoms with Crippen molar-refractivity contribution in [3.8, 4) is 0 Å². The lowest BCUT2D eigenvalue weighted by atomic mass is 10.2. The van der Waals surface area contributed by atoms with Crippen molar-refractivity contribution in [2.75, 3.05) is 26.2 Å². The van der Waals surface area contributed by atoms with Crippen LogP contribution in [0, 0.1) is 5.92 Å². The average Bonchev–Trinajstić information content (AvgIpc) is 2.50. The maximum Gasteiger partial charge on any atom is 0.322 e. The van der Waals surface area contributed by atoms with E-state index in [0.29, 0.717) is 19.0 Å². The highest BCUT2D eigenvalue weighted by Gasteiger charge is 2.24. The SMILES string of the molecule is CCNC(CN1CCC(C)C1)C(=O)O. The van der Waals surface area contributed by atoms with E-state index in [9.17, 15) is 4.79 Å². The Morgan fingerprint density at radius 3 is 2.86 bits per heavy atom. The van der Waals surface area contributed by atoms with E-state index in [-0.39, 0.29) is 0 Å². The van der Waals surface area contributed by atoms with Crippen LogP contribution in [-0.2, 0) is 4.79 Å². The Morgan fingerprint density at radius 1 is 1.71 bits per heavy atom. The molecule has 1 aliphatic heterocycles. The number of likely N-dealkylation sites (tertiary alicyclic amines) is 1. The fraction of sp³-hybridized carbons (Fsp3) is 0.900. The van der Waals surface area contributed by atoms with Crippen molar-refractivity contribution in [3.05, 3.63) is 0 Å². The second kappa shape index (κ2) is 5.32. The molecule has 2 N–H and O–H groups in total. The van der Waals surface area contributed by atoms with Gasteiger partial charge < -0.3 is 15.3 Å². The second-order valence-electron chi connectivity index (χ2n) is 4.10. The van der Waals surface area contributed by atoms with Crippen molar-refractivity contribution in [2.24, 2.45) is 5.92 Å². The topological polar surface area (TPSA) is 52.6 Å². The van der Waals surface area contributed by atoms with Gasteiger partial charge in [-0.05, 0) is 25.4 Å². The summed E-state index contributed by atoms with van der Waals surface area (Å²) < 4.78 is 0. The number of carboxylic acid groups (broad SMARTS) is 1. The predicted molar refractivity (Wildman–Crippen MR) is 55.3 cm³/mol. The Bertz CT molecular complexity index is 197. The zero-order chi connectivity index (χ0) is 10.6. The molecule has 0 bridgehead atoms. The molecule has 0 radical (unpaired) electrons. The van der Waals surface area contributed by atoms with Gasteiger partial charge in [-0.15, -0.1) is 0 Å². The summed E-state index contributed by atoms with van der Waals surface area (Å²) in [5.41, 5.74) is 0. The number of hydrogen-bond acceptors (Lipinski definition) is 3. The van der Waals surface area contributed by atoms with Gasteiger partial charge in [0.05, 0.1) is 0 Å². The molecule has 0 aromatic heterocycles. The molecule has 0 aromatic carbocycles. The van der Waals surface area contributed by atoms with Gasteiger partial charge in [0.15, 0.2) is 0 Å². The third-order valence-electron chi connectivity index (χ3n) is 2.70. The van der Waals surface area contributed by atoms with Crippen LogP contribution in [0.15, 0.2) is 0 Å². The molecule has 14 heavy (non-hydrogen) atoms. The number of nitrogens with zero attached hydrogens (tertiary/aromatic N) is 1. The van der Waals surface area contributed by atoms with Crippen LogP contribution in [0.4, 0.5) is 0 Å². The Kier molecular flexibility index (Phi) is 4.35. The Morgan fingerprint density at radius 2 is 2.43 bits per heavy atom. The van der Waals surface area contributed by atoms with E-state index in [1.54, 1.807) is 0 Å². The van der Waals surface area contributed by atoms with Crippen molar-refractivity contribution in [1.29, 1.82) is 0 Å². The second-order valence-corrected chi connectivity index (χ2v) is 4.10. The van der Waals surface area contributed by atoms with Crippen molar-refractivity contribution >= 4 is 5.97 Å². The summed E-state index contributed by atoms with van der Waals surface area (Å²) in [7, 11) is 0. The lowest BCUT2D eigenvalue weighted by Crippen LogP contribution is -2.45. The van der Waals surface area contributed by atoms with Crippen LogP contribution in [0.3, 0.4) is 0 Å². The Hall–Kier alpha value is -0.610. The summed E-state index contributed by atoms with van der Waals surface area (Å²) in [5.74, 6) is -0.0301. The summed E-state index contributed by atoms with van der Waals surface area (Å²) in [6.07, 6.45) is 1.19. The van der Waals surface area contributed by atoms with Gasteiger partial charge in [0.25, 0.3) is 0 Å². The molecule has 1 fully saturated rings. The molecule has 1 heterocycles. The Labute approximate surface area is 85.3 Å². The first-order valence-electron chi connectivity index (χ1n) is 5.32. The number of rotatable bonds is 5. The van der Waals surface area contributed by atoms with Crippen LogP contribution in [-0.4, -0.2) is 48.2 Å². The average molecular weight is 200 g/mol. The molecule has 0 aromatic rings. The number of nitrogens with one attached hydrogen (secondary N) is 1. The molecule has 1 rings (SSSR count). The summed E-state index contributed by atoms with van der Waals surface area (Å²) in [6.45, 7) is 7.56. The van der Waals surface area contributed by atoms with Gasteiger partial charge in [0.2, 0.25) is 0 Å². The third kappa shape index (κ3) is 3.27. The minimum atomic E-state index is -0.744. The fourth-order valence-electron chi connectivity index (χ4n) is 1.93. The van der Waals surface area contributed by atoms with Gasteiger partial charge in [-0.2, -0.15) is 0 Å². The highest BCUT2D eigenvalue weighted by atomic mass is 16.4. The van der Waals surface area contributed by atoms with E-state index < -0.39 is 12.0 Å². The quantitative estimate of drug-likeness (QED) is 0.674. The van der Waals surface area contributed by atoms with E-state index in [2.05, 4.69) is 17.1 Å². The largest absolute Gasteiger partial charge is 0.480 e. The number of hydrogen-bond donors (Lipinski definition) is 2. The summed E-state index contributed by atoms with van der Waals surface area (Å²) in [5, 5.41) is 11.9. The van der Waals surface area contributed by atoms with E-state index in [1.807, 2.05) is 6.92 Å². The zero-order valence-corrected chi connectivity index (χ0v) is 8.99. The summed E-state index contributed by atoms with van der Waals surface area (Å²) in [6, 6.07) is -0.412. The minimum absolute atomic E-state index is 0.412. The number of likely N-dealkylation sites (N-methyl/N-ethyl adjacent to an activating group) is 1. The molecule has 4 nitrogen and oxygen atoms in total. The van der Waals surface area contributed by atoms with Crippen LogP contribution in [0.5, 0.6) is 0 Å². The molecule has 0 amide bonds. The molecule has 0 aliphatic carbocycles. The maximum atomic E-state index is 10.9. The number of carboxylic acids is 1. The molecular formula is C10H20N2O2. The smallest absolute Gasteiger partial charge is 0.322 e. The highest BCUT2D eigenvalue weighted by Crippen LogP contribution is 2.14. The van der Waals surface area contributed by atoms with E-state index >= 15 is 0 Å². The fourth-order valence-corrected chi connectivity index (χ4v) is 1.93.